The minimum Gasteiger partial charge on any atom is -0.483 e. The Hall–Kier alpha value is -1.71. The van der Waals surface area contributed by atoms with Gasteiger partial charge in [0, 0.05) is 0 Å². The molecule has 1 aromatic carbocycles. The number of hydrogen-bond acceptors (Lipinski definition) is 3. The zero-order valence-corrected chi connectivity index (χ0v) is 12.6. The molecule has 1 heterocycles. The van der Waals surface area contributed by atoms with Crippen LogP contribution in [0.5, 0.6) is 5.75 Å². The Kier molecular flexibility index (Phi) is 3.93. The number of ether oxygens (including phenoxy) is 1. The lowest BCUT2D eigenvalue weighted by Gasteiger charge is -2.45. The molecule has 20 heavy (non-hydrogen) atoms. The molecule has 1 unspecified atom stereocenters. The molecule has 0 aliphatic carbocycles. The topological polar surface area (TPSA) is 49.8 Å². The highest BCUT2D eigenvalue weighted by atomic mass is 16.5. The highest BCUT2D eigenvalue weighted by Crippen LogP contribution is 2.41. The average Bonchev–Trinajstić information content (AvgIpc) is 2.44. The van der Waals surface area contributed by atoms with Crippen molar-refractivity contribution in [1.29, 1.82) is 0 Å². The van der Waals surface area contributed by atoms with Crippen molar-refractivity contribution >= 4 is 11.7 Å². The van der Waals surface area contributed by atoms with Crippen LogP contribution in [0.1, 0.15) is 39.2 Å². The van der Waals surface area contributed by atoms with Crippen molar-refractivity contribution < 1.29 is 14.6 Å². The van der Waals surface area contributed by atoms with Gasteiger partial charge in [0.2, 0.25) is 0 Å². The van der Waals surface area contributed by atoms with E-state index >= 15 is 0 Å². The number of benzene rings is 1. The normalized spacial score (nSPS) is 18.1. The van der Waals surface area contributed by atoms with E-state index < -0.39 is 12.0 Å². The first-order valence-corrected chi connectivity index (χ1v) is 7.21. The number of aliphatic carboxylic acids is 1. The van der Waals surface area contributed by atoms with Crippen LogP contribution in [0, 0.1) is 6.92 Å². The van der Waals surface area contributed by atoms with Gasteiger partial charge in [-0.2, -0.15) is 0 Å². The maximum Gasteiger partial charge on any atom is 0.326 e. The minimum absolute atomic E-state index is 0.301. The lowest BCUT2D eigenvalue weighted by Crippen LogP contribution is -2.54. The van der Waals surface area contributed by atoms with E-state index in [9.17, 15) is 9.90 Å². The van der Waals surface area contributed by atoms with E-state index in [-0.39, 0.29) is 5.60 Å². The van der Waals surface area contributed by atoms with Crippen LogP contribution in [-0.2, 0) is 4.79 Å². The Morgan fingerprint density at radius 1 is 1.45 bits per heavy atom. The zero-order valence-electron chi connectivity index (χ0n) is 12.6. The second-order valence-corrected chi connectivity index (χ2v) is 5.61. The van der Waals surface area contributed by atoms with Crippen LogP contribution in [0.4, 0.5) is 5.69 Å². The summed E-state index contributed by atoms with van der Waals surface area (Å²) in [6.45, 7) is 8.54. The largest absolute Gasteiger partial charge is 0.483 e. The Morgan fingerprint density at radius 2 is 2.10 bits per heavy atom. The van der Waals surface area contributed by atoms with E-state index in [0.717, 1.165) is 29.8 Å². The van der Waals surface area contributed by atoms with E-state index in [0.29, 0.717) is 6.54 Å². The summed E-state index contributed by atoms with van der Waals surface area (Å²) < 4.78 is 6.22. The number of nitrogens with zero attached hydrogens (tertiary/aromatic N) is 1. The van der Waals surface area contributed by atoms with Crippen LogP contribution in [0.2, 0.25) is 0 Å². The molecule has 0 bridgehead atoms. The van der Waals surface area contributed by atoms with Gasteiger partial charge in [0.15, 0.2) is 0 Å². The van der Waals surface area contributed by atoms with Gasteiger partial charge in [-0.3, -0.25) is 0 Å². The summed E-state index contributed by atoms with van der Waals surface area (Å²) in [5.41, 5.74) is 1.70. The summed E-state index contributed by atoms with van der Waals surface area (Å²) >= 11 is 0. The Bertz CT molecular complexity index is 508. The van der Waals surface area contributed by atoms with E-state index in [1.54, 1.807) is 6.92 Å². The monoisotopic (exact) mass is 277 g/mol. The molecule has 1 aliphatic heterocycles. The van der Waals surface area contributed by atoms with Crippen molar-refractivity contribution in [1.82, 2.24) is 0 Å². The number of fused-ring (bicyclic) bond motifs is 1. The molecule has 1 aliphatic rings. The molecule has 4 heteroatoms. The van der Waals surface area contributed by atoms with Crippen molar-refractivity contribution in [3.8, 4) is 5.75 Å². The van der Waals surface area contributed by atoms with Crippen molar-refractivity contribution in [2.75, 3.05) is 11.4 Å². The van der Waals surface area contributed by atoms with Gasteiger partial charge in [-0.15, -0.1) is 0 Å². The van der Waals surface area contributed by atoms with E-state index in [1.165, 1.54) is 0 Å². The van der Waals surface area contributed by atoms with E-state index in [2.05, 4.69) is 13.8 Å². The van der Waals surface area contributed by atoms with Gasteiger partial charge in [0.25, 0.3) is 0 Å². The molecule has 1 atom stereocenters. The maximum absolute atomic E-state index is 11.4. The third kappa shape index (κ3) is 2.47. The van der Waals surface area contributed by atoms with Gasteiger partial charge >= 0.3 is 5.97 Å². The summed E-state index contributed by atoms with van der Waals surface area (Å²) in [5.74, 6) is -0.00687. The first kappa shape index (κ1) is 14.7. The molecule has 0 spiro atoms. The molecular formula is C16H23NO3. The molecule has 2 rings (SSSR count). The second kappa shape index (κ2) is 5.35. The molecule has 0 saturated carbocycles. The Morgan fingerprint density at radius 3 is 2.65 bits per heavy atom. The molecule has 1 aromatic rings. The maximum atomic E-state index is 11.4. The van der Waals surface area contributed by atoms with E-state index in [4.69, 9.17) is 4.74 Å². The van der Waals surface area contributed by atoms with E-state index in [1.807, 2.05) is 30.0 Å². The fourth-order valence-corrected chi connectivity index (χ4v) is 2.70. The van der Waals surface area contributed by atoms with Crippen LogP contribution in [0.25, 0.3) is 0 Å². The molecule has 0 amide bonds. The van der Waals surface area contributed by atoms with Gasteiger partial charge < -0.3 is 14.7 Å². The second-order valence-electron chi connectivity index (χ2n) is 5.61. The van der Waals surface area contributed by atoms with Crippen LogP contribution in [0.3, 0.4) is 0 Å². The van der Waals surface area contributed by atoms with Crippen LogP contribution in [-0.4, -0.2) is 29.3 Å². The first-order chi connectivity index (χ1) is 9.42. The summed E-state index contributed by atoms with van der Waals surface area (Å²) in [6, 6.07) is 5.39. The predicted octanol–water partition coefficient (Wildman–Crippen LogP) is 3.23. The standard InChI is InChI=1S/C16H23NO3/c1-5-16(6-2)10-17(12(4)15(18)19)13-8-7-11(3)9-14(13)20-16/h7-9,12H,5-6,10H2,1-4H3,(H,18,19). The molecule has 110 valence electrons. The smallest absolute Gasteiger partial charge is 0.326 e. The lowest BCUT2D eigenvalue weighted by molar-refractivity contribution is -0.138. The highest BCUT2D eigenvalue weighted by molar-refractivity contribution is 5.79. The van der Waals surface area contributed by atoms with Crippen molar-refractivity contribution in [2.45, 2.75) is 52.2 Å². The Labute approximate surface area is 120 Å². The van der Waals surface area contributed by atoms with Crippen molar-refractivity contribution in [3.05, 3.63) is 23.8 Å². The summed E-state index contributed by atoms with van der Waals surface area (Å²) in [7, 11) is 0. The third-order valence-electron chi connectivity index (χ3n) is 4.32. The molecule has 1 N–H and O–H groups in total. The summed E-state index contributed by atoms with van der Waals surface area (Å²) in [6.07, 6.45) is 1.72. The predicted molar refractivity (Wildman–Crippen MR) is 79.6 cm³/mol. The SMILES string of the molecule is CCC1(CC)CN(C(C)C(=O)O)c2ccc(C)cc2O1. The van der Waals surface area contributed by atoms with Crippen molar-refractivity contribution in [2.24, 2.45) is 0 Å². The van der Waals surface area contributed by atoms with Crippen LogP contribution < -0.4 is 9.64 Å². The number of aryl methyl sites for hydroxylation is 1. The minimum atomic E-state index is -0.806. The van der Waals surface area contributed by atoms with Gasteiger partial charge in [-0.1, -0.05) is 19.9 Å². The number of carboxylic acids is 1. The molecule has 0 fully saturated rings. The first-order valence-electron chi connectivity index (χ1n) is 7.21. The molecule has 0 saturated heterocycles. The highest BCUT2D eigenvalue weighted by Gasteiger charge is 2.40. The zero-order chi connectivity index (χ0) is 14.9. The quantitative estimate of drug-likeness (QED) is 0.918. The van der Waals surface area contributed by atoms with Crippen LogP contribution >= 0.6 is 0 Å². The number of anilines is 1. The molecular weight excluding hydrogens is 254 g/mol. The van der Waals surface area contributed by atoms with Gasteiger partial charge in [-0.05, 0) is 44.4 Å². The summed E-state index contributed by atoms with van der Waals surface area (Å²) in [5, 5.41) is 9.35. The molecule has 4 nitrogen and oxygen atoms in total. The lowest BCUT2D eigenvalue weighted by atomic mass is 9.93. The van der Waals surface area contributed by atoms with Gasteiger partial charge in [-0.25, -0.2) is 4.79 Å². The number of hydrogen-bond donors (Lipinski definition) is 1. The van der Waals surface area contributed by atoms with Gasteiger partial charge in [0.05, 0.1) is 12.2 Å². The molecule has 0 radical (unpaired) electrons. The average molecular weight is 277 g/mol. The summed E-state index contributed by atoms with van der Waals surface area (Å²) in [4.78, 5) is 13.3. The fraction of sp³-hybridized carbons (Fsp3) is 0.562. The van der Waals surface area contributed by atoms with Crippen LogP contribution in [0.15, 0.2) is 18.2 Å². The number of rotatable bonds is 4. The Balaban J connectivity index is 2.49. The third-order valence-corrected chi connectivity index (χ3v) is 4.32. The molecule has 0 aromatic heterocycles. The number of carbonyl (C=O) groups is 1. The number of carboxylic acid groups (broad SMARTS) is 1. The fourth-order valence-electron chi connectivity index (χ4n) is 2.70. The van der Waals surface area contributed by atoms with Gasteiger partial charge in [0.1, 0.15) is 17.4 Å². The van der Waals surface area contributed by atoms with Crippen molar-refractivity contribution in [3.63, 3.8) is 0 Å².